The van der Waals surface area contributed by atoms with Crippen molar-refractivity contribution >= 4 is 10.9 Å². The van der Waals surface area contributed by atoms with Gasteiger partial charge in [0.1, 0.15) is 0 Å². The van der Waals surface area contributed by atoms with E-state index in [0.29, 0.717) is 5.92 Å². The largest absolute Gasteiger partial charge is 0.350 e. The fraction of sp³-hybridized carbons (Fsp3) is 0.250. The molecular formula is C16H17N3. The summed E-state index contributed by atoms with van der Waals surface area (Å²) in [6.45, 7) is 4.45. The molecule has 2 aromatic heterocycles. The lowest BCUT2D eigenvalue weighted by Gasteiger charge is -2.04. The van der Waals surface area contributed by atoms with Crippen molar-refractivity contribution in [1.29, 1.82) is 0 Å². The van der Waals surface area contributed by atoms with E-state index in [0.717, 1.165) is 11.4 Å². The van der Waals surface area contributed by atoms with Gasteiger partial charge in [0, 0.05) is 42.1 Å². The van der Waals surface area contributed by atoms with Gasteiger partial charge in [-0.05, 0) is 35.7 Å². The number of aromatic nitrogens is 3. The summed E-state index contributed by atoms with van der Waals surface area (Å²) in [5, 5.41) is 1.29. The van der Waals surface area contributed by atoms with Crippen LogP contribution in [0.4, 0.5) is 0 Å². The summed E-state index contributed by atoms with van der Waals surface area (Å²) in [5.41, 5.74) is 3.69. The van der Waals surface area contributed by atoms with Crippen molar-refractivity contribution in [2.45, 2.75) is 19.8 Å². The minimum atomic E-state index is 0.510. The molecule has 0 atom stereocenters. The van der Waals surface area contributed by atoms with E-state index in [1.165, 1.54) is 16.5 Å². The van der Waals surface area contributed by atoms with Crippen LogP contribution in [0.15, 0.2) is 42.9 Å². The van der Waals surface area contributed by atoms with Crippen LogP contribution in [-0.2, 0) is 7.05 Å². The normalized spacial score (nSPS) is 11.4. The summed E-state index contributed by atoms with van der Waals surface area (Å²) in [6, 6.07) is 8.26. The standard InChI is InChI=1S/C16H17N3/c1-11(2)14-10-19(3)15-6-5-12(9-13(14)15)16-17-7-4-8-18-16/h4-11H,1-3H3. The van der Waals surface area contributed by atoms with E-state index in [1.54, 1.807) is 12.4 Å². The van der Waals surface area contributed by atoms with Gasteiger partial charge in [-0.15, -0.1) is 0 Å². The number of aryl methyl sites for hydroxylation is 1. The van der Waals surface area contributed by atoms with E-state index in [1.807, 2.05) is 6.07 Å². The molecule has 1 aromatic carbocycles. The van der Waals surface area contributed by atoms with Crippen LogP contribution < -0.4 is 0 Å². The van der Waals surface area contributed by atoms with Crippen LogP contribution in [0.2, 0.25) is 0 Å². The monoisotopic (exact) mass is 251 g/mol. The Labute approximate surface area is 112 Å². The zero-order valence-electron chi connectivity index (χ0n) is 11.5. The van der Waals surface area contributed by atoms with Gasteiger partial charge in [-0.25, -0.2) is 9.97 Å². The first-order valence-electron chi connectivity index (χ1n) is 6.53. The van der Waals surface area contributed by atoms with E-state index in [9.17, 15) is 0 Å². The Hall–Kier alpha value is -2.16. The van der Waals surface area contributed by atoms with Gasteiger partial charge in [-0.2, -0.15) is 0 Å². The predicted molar refractivity (Wildman–Crippen MR) is 78.0 cm³/mol. The van der Waals surface area contributed by atoms with Crippen LogP contribution in [0.1, 0.15) is 25.3 Å². The highest BCUT2D eigenvalue weighted by atomic mass is 14.9. The van der Waals surface area contributed by atoms with Gasteiger partial charge in [-0.1, -0.05) is 13.8 Å². The van der Waals surface area contributed by atoms with Gasteiger partial charge in [0.05, 0.1) is 0 Å². The Morgan fingerprint density at radius 2 is 1.84 bits per heavy atom. The maximum absolute atomic E-state index is 4.32. The van der Waals surface area contributed by atoms with Crippen molar-refractivity contribution in [3.05, 3.63) is 48.4 Å². The second-order valence-corrected chi connectivity index (χ2v) is 5.15. The molecule has 2 heterocycles. The van der Waals surface area contributed by atoms with Gasteiger partial charge >= 0.3 is 0 Å². The van der Waals surface area contributed by atoms with Crippen molar-refractivity contribution in [3.8, 4) is 11.4 Å². The molecule has 3 heteroatoms. The molecule has 3 rings (SSSR count). The quantitative estimate of drug-likeness (QED) is 0.694. The predicted octanol–water partition coefficient (Wildman–Crippen LogP) is 3.76. The molecule has 3 aromatic rings. The number of rotatable bonds is 2. The highest BCUT2D eigenvalue weighted by Crippen LogP contribution is 2.29. The van der Waals surface area contributed by atoms with Crippen molar-refractivity contribution in [2.75, 3.05) is 0 Å². The maximum Gasteiger partial charge on any atom is 0.159 e. The van der Waals surface area contributed by atoms with Crippen LogP contribution in [0.3, 0.4) is 0 Å². The van der Waals surface area contributed by atoms with Crippen LogP contribution in [0.5, 0.6) is 0 Å². The fourth-order valence-corrected chi connectivity index (χ4v) is 2.47. The second kappa shape index (κ2) is 4.50. The minimum absolute atomic E-state index is 0.510. The molecule has 0 N–H and O–H groups in total. The first-order chi connectivity index (χ1) is 9.16. The topological polar surface area (TPSA) is 30.7 Å². The number of fused-ring (bicyclic) bond motifs is 1. The third-order valence-electron chi connectivity index (χ3n) is 3.47. The Morgan fingerprint density at radius 1 is 1.11 bits per heavy atom. The van der Waals surface area contributed by atoms with E-state index in [-0.39, 0.29) is 0 Å². The minimum Gasteiger partial charge on any atom is -0.350 e. The van der Waals surface area contributed by atoms with E-state index in [2.05, 4.69) is 59.8 Å². The third kappa shape index (κ3) is 2.01. The zero-order valence-corrected chi connectivity index (χ0v) is 11.5. The van der Waals surface area contributed by atoms with Gasteiger partial charge in [0.2, 0.25) is 0 Å². The van der Waals surface area contributed by atoms with Crippen LogP contribution >= 0.6 is 0 Å². The first-order valence-corrected chi connectivity index (χ1v) is 6.53. The summed E-state index contributed by atoms with van der Waals surface area (Å²) >= 11 is 0. The van der Waals surface area contributed by atoms with Crippen molar-refractivity contribution in [1.82, 2.24) is 14.5 Å². The van der Waals surface area contributed by atoms with E-state index < -0.39 is 0 Å². The SMILES string of the molecule is CC(C)c1cn(C)c2ccc(-c3ncccn3)cc12. The Bertz CT molecular complexity index is 711. The molecular weight excluding hydrogens is 234 g/mol. The molecule has 3 nitrogen and oxygen atoms in total. The van der Waals surface area contributed by atoms with Crippen LogP contribution in [0.25, 0.3) is 22.3 Å². The summed E-state index contributed by atoms with van der Waals surface area (Å²) in [5.74, 6) is 1.29. The molecule has 0 aliphatic carbocycles. The summed E-state index contributed by atoms with van der Waals surface area (Å²) in [4.78, 5) is 8.64. The van der Waals surface area contributed by atoms with Crippen molar-refractivity contribution in [3.63, 3.8) is 0 Å². The van der Waals surface area contributed by atoms with Crippen molar-refractivity contribution in [2.24, 2.45) is 7.05 Å². The molecule has 0 radical (unpaired) electrons. The second-order valence-electron chi connectivity index (χ2n) is 5.15. The third-order valence-corrected chi connectivity index (χ3v) is 3.47. The molecule has 19 heavy (non-hydrogen) atoms. The summed E-state index contributed by atoms with van der Waals surface area (Å²) in [7, 11) is 2.09. The fourth-order valence-electron chi connectivity index (χ4n) is 2.47. The molecule has 0 bridgehead atoms. The molecule has 0 aliphatic rings. The molecule has 0 amide bonds. The van der Waals surface area contributed by atoms with Crippen molar-refractivity contribution < 1.29 is 0 Å². The molecule has 0 saturated heterocycles. The Balaban J connectivity index is 2.23. The highest BCUT2D eigenvalue weighted by molar-refractivity contribution is 5.88. The van der Waals surface area contributed by atoms with Crippen LogP contribution in [-0.4, -0.2) is 14.5 Å². The molecule has 0 spiro atoms. The van der Waals surface area contributed by atoms with E-state index >= 15 is 0 Å². The van der Waals surface area contributed by atoms with Gasteiger partial charge in [0.25, 0.3) is 0 Å². The lowest BCUT2D eigenvalue weighted by molar-refractivity contribution is 0.857. The maximum atomic E-state index is 4.32. The molecule has 96 valence electrons. The lowest BCUT2D eigenvalue weighted by Crippen LogP contribution is -1.88. The first kappa shape index (κ1) is 11.9. The number of nitrogens with zero attached hydrogens (tertiary/aromatic N) is 3. The highest BCUT2D eigenvalue weighted by Gasteiger charge is 2.11. The Morgan fingerprint density at radius 3 is 2.53 bits per heavy atom. The lowest BCUT2D eigenvalue weighted by atomic mass is 10.0. The molecule has 0 fully saturated rings. The van der Waals surface area contributed by atoms with Crippen LogP contribution in [0, 0.1) is 0 Å². The average Bonchev–Trinajstić information content (AvgIpc) is 2.77. The Kier molecular flexibility index (Phi) is 2.82. The molecule has 0 saturated carbocycles. The number of benzene rings is 1. The van der Waals surface area contributed by atoms with Gasteiger partial charge in [0.15, 0.2) is 5.82 Å². The zero-order chi connectivity index (χ0) is 13.4. The van der Waals surface area contributed by atoms with E-state index in [4.69, 9.17) is 0 Å². The van der Waals surface area contributed by atoms with Gasteiger partial charge in [-0.3, -0.25) is 0 Å². The van der Waals surface area contributed by atoms with Gasteiger partial charge < -0.3 is 4.57 Å². The number of hydrogen-bond donors (Lipinski definition) is 0. The smallest absolute Gasteiger partial charge is 0.159 e. The summed E-state index contributed by atoms with van der Waals surface area (Å²) < 4.78 is 2.18. The molecule has 0 aliphatic heterocycles. The number of hydrogen-bond acceptors (Lipinski definition) is 2. The average molecular weight is 251 g/mol. The molecule has 0 unspecified atom stereocenters. The summed E-state index contributed by atoms with van der Waals surface area (Å²) in [6.07, 6.45) is 5.77.